The molecule has 0 aliphatic rings. The summed E-state index contributed by atoms with van der Waals surface area (Å²) >= 11 is 0. The van der Waals surface area contributed by atoms with Gasteiger partial charge in [0.1, 0.15) is 11.5 Å². The average molecular weight is 431 g/mol. The molecule has 4 nitrogen and oxygen atoms in total. The lowest BCUT2D eigenvalue weighted by Crippen LogP contribution is -2.30. The first-order chi connectivity index (χ1) is 15.4. The van der Waals surface area contributed by atoms with Gasteiger partial charge in [-0.25, -0.2) is 4.39 Å². The van der Waals surface area contributed by atoms with Gasteiger partial charge in [0.15, 0.2) is 0 Å². The van der Waals surface area contributed by atoms with E-state index in [1.165, 1.54) is 23.8 Å². The van der Waals surface area contributed by atoms with E-state index in [0.717, 1.165) is 24.8 Å². The van der Waals surface area contributed by atoms with E-state index in [1.807, 2.05) is 37.3 Å². The number of amides is 2. The zero-order valence-corrected chi connectivity index (χ0v) is 18.3. The number of unbranched alkanes of at least 4 members (excludes halogenated alkanes) is 1. The van der Waals surface area contributed by atoms with Gasteiger partial charge in [0.05, 0.1) is 0 Å². The summed E-state index contributed by atoms with van der Waals surface area (Å²) in [6.07, 6.45) is 4.69. The Kier molecular flexibility index (Phi) is 7.92. The highest BCUT2D eigenvalue weighted by atomic mass is 19.1. The van der Waals surface area contributed by atoms with Crippen LogP contribution in [0.3, 0.4) is 0 Å². The van der Waals surface area contributed by atoms with Crippen LogP contribution in [0.5, 0.6) is 0 Å². The number of hydrogen-bond donors (Lipinski definition) is 2. The molecule has 5 heteroatoms. The SMILES string of the molecule is CCCCc1ccc(C(=O)NC(=Cc2ccc(F)cc2)C(=O)Nc2cccc(C)c2)cc1. The normalized spacial score (nSPS) is 11.2. The van der Waals surface area contributed by atoms with Crippen LogP contribution in [0.4, 0.5) is 10.1 Å². The van der Waals surface area contributed by atoms with Crippen LogP contribution in [-0.4, -0.2) is 11.8 Å². The molecular weight excluding hydrogens is 403 g/mol. The smallest absolute Gasteiger partial charge is 0.272 e. The van der Waals surface area contributed by atoms with Crippen LogP contribution >= 0.6 is 0 Å². The van der Waals surface area contributed by atoms with Crippen LogP contribution < -0.4 is 10.6 Å². The van der Waals surface area contributed by atoms with Crippen LogP contribution in [0.25, 0.3) is 6.08 Å². The summed E-state index contributed by atoms with van der Waals surface area (Å²) in [5.74, 6) is -1.23. The molecule has 0 fully saturated rings. The lowest BCUT2D eigenvalue weighted by molar-refractivity contribution is -0.113. The molecule has 2 amide bonds. The van der Waals surface area contributed by atoms with Crippen molar-refractivity contribution in [1.29, 1.82) is 0 Å². The summed E-state index contributed by atoms with van der Waals surface area (Å²) in [5, 5.41) is 5.52. The Morgan fingerprint density at radius 3 is 2.34 bits per heavy atom. The van der Waals surface area contributed by atoms with Crippen molar-refractivity contribution in [2.75, 3.05) is 5.32 Å². The number of hydrogen-bond acceptors (Lipinski definition) is 2. The van der Waals surface area contributed by atoms with Gasteiger partial charge in [0.25, 0.3) is 11.8 Å². The van der Waals surface area contributed by atoms with E-state index in [-0.39, 0.29) is 17.4 Å². The maximum atomic E-state index is 13.3. The third-order valence-corrected chi connectivity index (χ3v) is 4.98. The minimum Gasteiger partial charge on any atom is -0.321 e. The highest BCUT2D eigenvalue weighted by Gasteiger charge is 2.15. The zero-order chi connectivity index (χ0) is 22.9. The van der Waals surface area contributed by atoms with Crippen molar-refractivity contribution in [3.05, 3.63) is 107 Å². The quantitative estimate of drug-likeness (QED) is 0.438. The van der Waals surface area contributed by atoms with Crippen molar-refractivity contribution >= 4 is 23.6 Å². The third-order valence-electron chi connectivity index (χ3n) is 4.98. The summed E-state index contributed by atoms with van der Waals surface area (Å²) < 4.78 is 13.3. The highest BCUT2D eigenvalue weighted by Crippen LogP contribution is 2.14. The summed E-state index contributed by atoms with van der Waals surface area (Å²) in [7, 11) is 0. The van der Waals surface area contributed by atoms with Crippen LogP contribution in [0, 0.1) is 12.7 Å². The van der Waals surface area contributed by atoms with Gasteiger partial charge in [-0.15, -0.1) is 0 Å². The second-order valence-corrected chi connectivity index (χ2v) is 7.69. The van der Waals surface area contributed by atoms with E-state index in [1.54, 1.807) is 30.3 Å². The van der Waals surface area contributed by atoms with E-state index < -0.39 is 5.91 Å². The van der Waals surface area contributed by atoms with Gasteiger partial charge >= 0.3 is 0 Å². The molecule has 0 aromatic heterocycles. The first-order valence-electron chi connectivity index (χ1n) is 10.7. The summed E-state index contributed by atoms with van der Waals surface area (Å²) in [5.41, 5.74) is 3.91. The summed E-state index contributed by atoms with van der Waals surface area (Å²) in [4.78, 5) is 25.8. The molecule has 0 saturated heterocycles. The van der Waals surface area contributed by atoms with Gasteiger partial charge in [-0.1, -0.05) is 49.7 Å². The maximum Gasteiger partial charge on any atom is 0.272 e. The number of nitrogens with one attached hydrogen (secondary N) is 2. The molecule has 0 bridgehead atoms. The molecule has 0 aliphatic heterocycles. The van der Waals surface area contributed by atoms with Gasteiger partial charge in [-0.3, -0.25) is 9.59 Å². The van der Waals surface area contributed by atoms with E-state index in [4.69, 9.17) is 0 Å². The van der Waals surface area contributed by atoms with Crippen LogP contribution in [0.1, 0.15) is 46.8 Å². The first-order valence-corrected chi connectivity index (χ1v) is 10.7. The van der Waals surface area contributed by atoms with Crippen molar-refractivity contribution in [3.63, 3.8) is 0 Å². The lowest BCUT2D eigenvalue weighted by Gasteiger charge is -2.12. The zero-order valence-electron chi connectivity index (χ0n) is 18.3. The van der Waals surface area contributed by atoms with Gasteiger partial charge in [-0.2, -0.15) is 0 Å². The number of rotatable bonds is 8. The molecule has 164 valence electrons. The molecule has 32 heavy (non-hydrogen) atoms. The van der Waals surface area contributed by atoms with Gasteiger partial charge < -0.3 is 10.6 Å². The Labute approximate surface area is 188 Å². The number of aryl methyl sites for hydroxylation is 2. The number of halogens is 1. The number of benzene rings is 3. The molecule has 0 atom stereocenters. The van der Waals surface area contributed by atoms with Crippen LogP contribution in [0.2, 0.25) is 0 Å². The number of carbonyl (C=O) groups excluding carboxylic acids is 2. The fourth-order valence-corrected chi connectivity index (χ4v) is 3.20. The molecule has 0 saturated carbocycles. The van der Waals surface area contributed by atoms with E-state index in [2.05, 4.69) is 17.6 Å². The molecule has 3 rings (SSSR count). The second-order valence-electron chi connectivity index (χ2n) is 7.69. The Morgan fingerprint density at radius 2 is 1.69 bits per heavy atom. The predicted molar refractivity (Wildman–Crippen MR) is 127 cm³/mol. The Morgan fingerprint density at radius 1 is 0.969 bits per heavy atom. The predicted octanol–water partition coefficient (Wildman–Crippen LogP) is 5.89. The standard InChI is InChI=1S/C27H27FN2O2/c1-3-4-7-20-9-13-22(14-10-20)26(31)30-25(18-21-11-15-23(28)16-12-21)27(32)29-24-8-5-6-19(2)17-24/h5-6,8-18H,3-4,7H2,1-2H3,(H,29,32)(H,30,31). The monoisotopic (exact) mass is 430 g/mol. The molecule has 0 aliphatic carbocycles. The lowest BCUT2D eigenvalue weighted by atomic mass is 10.1. The summed E-state index contributed by atoms with van der Waals surface area (Å²) in [6, 6.07) is 20.5. The van der Waals surface area contributed by atoms with Gasteiger partial charge in [0.2, 0.25) is 0 Å². The van der Waals surface area contributed by atoms with Crippen molar-refractivity contribution in [3.8, 4) is 0 Å². The van der Waals surface area contributed by atoms with Crippen molar-refractivity contribution < 1.29 is 14.0 Å². The third kappa shape index (κ3) is 6.64. The molecular formula is C27H27FN2O2. The van der Waals surface area contributed by atoms with Crippen LogP contribution in [0.15, 0.2) is 78.5 Å². The largest absolute Gasteiger partial charge is 0.321 e. The number of anilines is 1. The molecule has 0 radical (unpaired) electrons. The molecule has 0 heterocycles. The minimum atomic E-state index is -0.465. The van der Waals surface area contributed by atoms with E-state index in [9.17, 15) is 14.0 Å². The van der Waals surface area contributed by atoms with Gasteiger partial charge in [-0.05, 0) is 78.9 Å². The van der Waals surface area contributed by atoms with Crippen molar-refractivity contribution in [2.24, 2.45) is 0 Å². The first kappa shape index (κ1) is 22.9. The average Bonchev–Trinajstić information content (AvgIpc) is 2.79. The maximum absolute atomic E-state index is 13.3. The highest BCUT2D eigenvalue weighted by molar-refractivity contribution is 6.10. The fraction of sp³-hybridized carbons (Fsp3) is 0.185. The second kappa shape index (κ2) is 11.0. The fourth-order valence-electron chi connectivity index (χ4n) is 3.20. The molecule has 3 aromatic carbocycles. The minimum absolute atomic E-state index is 0.0678. The Bertz CT molecular complexity index is 1100. The Balaban J connectivity index is 1.82. The molecule has 0 spiro atoms. The van der Waals surface area contributed by atoms with E-state index in [0.29, 0.717) is 16.8 Å². The Hall–Kier alpha value is -3.73. The summed E-state index contributed by atoms with van der Waals surface area (Å²) in [6.45, 7) is 4.06. The van der Waals surface area contributed by atoms with Gasteiger partial charge in [0, 0.05) is 11.3 Å². The van der Waals surface area contributed by atoms with Crippen molar-refractivity contribution in [1.82, 2.24) is 5.32 Å². The van der Waals surface area contributed by atoms with Crippen molar-refractivity contribution in [2.45, 2.75) is 33.1 Å². The van der Waals surface area contributed by atoms with Crippen LogP contribution in [-0.2, 0) is 11.2 Å². The number of carbonyl (C=O) groups is 2. The molecule has 3 aromatic rings. The molecule has 2 N–H and O–H groups in total. The topological polar surface area (TPSA) is 58.2 Å². The molecule has 0 unspecified atom stereocenters. The van der Waals surface area contributed by atoms with E-state index >= 15 is 0 Å².